The van der Waals surface area contributed by atoms with Crippen LogP contribution in [0, 0.1) is 31.4 Å². The van der Waals surface area contributed by atoms with Gasteiger partial charge in [-0.15, -0.1) is 0 Å². The van der Waals surface area contributed by atoms with E-state index in [2.05, 4.69) is 102 Å². The van der Waals surface area contributed by atoms with E-state index in [0.717, 1.165) is 134 Å². The van der Waals surface area contributed by atoms with Gasteiger partial charge in [0.2, 0.25) is 0 Å². The maximum absolute atomic E-state index is 9.59. The van der Waals surface area contributed by atoms with Crippen LogP contribution in [0.15, 0.2) is 315 Å². The molecule has 0 aliphatic rings. The van der Waals surface area contributed by atoms with Crippen LogP contribution < -0.4 is 0 Å². The molecule has 4 aromatic heterocycles. The van der Waals surface area contributed by atoms with Crippen molar-refractivity contribution in [1.82, 2.24) is 39.9 Å². The van der Waals surface area contributed by atoms with Crippen molar-refractivity contribution in [2.45, 2.75) is 6.92 Å². The first-order chi connectivity index (χ1) is 48.8. The molecule has 16 aromatic rings. The van der Waals surface area contributed by atoms with Crippen LogP contribution in [-0.4, -0.2) is 39.9 Å². The summed E-state index contributed by atoms with van der Waals surface area (Å²) in [5.41, 5.74) is 20.2. The fourth-order valence-corrected chi connectivity index (χ4v) is 12.4. The first-order valence-corrected chi connectivity index (χ1v) is 32.2. The second kappa shape index (κ2) is 27.5. The van der Waals surface area contributed by atoms with E-state index >= 15 is 0 Å². The quantitative estimate of drug-likeness (QED) is 0.110. The summed E-state index contributed by atoms with van der Waals surface area (Å²) in [5, 5.41) is 13.6. The topological polar surface area (TPSA) is 136 Å². The van der Waals surface area contributed by atoms with Crippen LogP contribution in [0.1, 0.15) is 11.1 Å². The van der Waals surface area contributed by atoms with Crippen molar-refractivity contribution in [3.05, 3.63) is 349 Å². The Bertz CT molecular complexity index is 5680. The van der Waals surface area contributed by atoms with Gasteiger partial charge >= 0.3 is 0 Å². The van der Waals surface area contributed by atoms with Gasteiger partial charge < -0.3 is 0 Å². The average molecular weight is 1270 g/mol. The molecule has 0 fully saturated rings. The van der Waals surface area contributed by atoms with Gasteiger partial charge in [0.25, 0.3) is 0 Å². The number of nitriles is 1. The van der Waals surface area contributed by atoms with Crippen LogP contribution in [0.2, 0.25) is 0 Å². The first kappa shape index (κ1) is 61.1. The Morgan fingerprint density at radius 3 is 1.03 bits per heavy atom. The zero-order valence-corrected chi connectivity index (χ0v) is 53.4. The highest BCUT2D eigenvalue weighted by Crippen LogP contribution is 2.41. The summed E-state index contributed by atoms with van der Waals surface area (Å²) in [6.07, 6.45) is 0. The van der Waals surface area contributed by atoms with Crippen LogP contribution in [0.4, 0.5) is 11.4 Å². The van der Waals surface area contributed by atoms with Gasteiger partial charge in [0.15, 0.2) is 34.7 Å². The van der Waals surface area contributed by atoms with Crippen molar-refractivity contribution in [2.24, 2.45) is 0 Å². The highest BCUT2D eigenvalue weighted by atomic mass is 14.9. The molecule has 4 heterocycles. The monoisotopic (exact) mass is 1270 g/mol. The highest BCUT2D eigenvalue weighted by molar-refractivity contribution is 6.05. The van der Waals surface area contributed by atoms with Gasteiger partial charge in [-0.3, -0.25) is 0 Å². The maximum Gasteiger partial charge on any atom is 0.196 e. The molecule has 0 radical (unpaired) electrons. The minimum absolute atomic E-state index is 0.533. The molecule has 0 aliphatic heterocycles. The Labute approximate surface area is 572 Å². The van der Waals surface area contributed by atoms with Crippen LogP contribution in [-0.2, 0) is 0 Å². The molecule has 11 heteroatoms. The summed E-state index contributed by atoms with van der Waals surface area (Å²) in [7, 11) is 0. The zero-order chi connectivity index (χ0) is 67.0. The van der Waals surface area contributed by atoms with E-state index in [4.69, 9.17) is 53.0 Å². The van der Waals surface area contributed by atoms with Crippen molar-refractivity contribution in [2.75, 3.05) is 0 Å². The van der Waals surface area contributed by atoms with Crippen LogP contribution in [0.25, 0.3) is 167 Å². The average Bonchev–Trinajstić information content (AvgIpc) is 0.773. The van der Waals surface area contributed by atoms with E-state index in [0.29, 0.717) is 45.9 Å². The van der Waals surface area contributed by atoms with Crippen molar-refractivity contribution < 1.29 is 0 Å². The standard InChI is InChI=1S/C44H26N6.C44H29N5/c1-46-34-19-9-18-33(25-34)44-48-40(31-15-6-3-7-16-31)27-42(50-44)38-23-11-20-35-36(38)21-10-22-37(35)41-26-39(30-13-4-2-5-14-30)47-43(49-41)32-17-8-12-29(24-32)28-45;1-29-15-9-10-20-32(29)41-27-39(30-16-5-3-6-17-30)46-43(48-41)35-24-13-23-34-33(35)22-14-25-36(34)44-47-40(31-18-7-4-8-19-31)28-42(49-44)37-21-11-12-26-38(37)45-2/h2-27H;3-28H,1H3. The van der Waals surface area contributed by atoms with Gasteiger partial charge in [0.05, 0.1) is 70.3 Å². The maximum atomic E-state index is 9.59. The fourth-order valence-electron chi connectivity index (χ4n) is 12.4. The normalized spacial score (nSPS) is 10.8. The molecule has 11 nitrogen and oxygen atoms in total. The lowest BCUT2D eigenvalue weighted by Crippen LogP contribution is -1.99. The molecule has 99 heavy (non-hydrogen) atoms. The lowest BCUT2D eigenvalue weighted by molar-refractivity contribution is 1.18. The third-order valence-corrected chi connectivity index (χ3v) is 17.3. The molecule has 12 aromatic carbocycles. The number of aromatic nitrogens is 8. The van der Waals surface area contributed by atoms with Gasteiger partial charge in [-0.2, -0.15) is 5.26 Å². The molecular weight excluding hydrogens is 1210 g/mol. The third kappa shape index (κ3) is 12.8. The smallest absolute Gasteiger partial charge is 0.196 e. The molecule has 0 aliphatic carbocycles. The number of hydrogen-bond acceptors (Lipinski definition) is 9. The van der Waals surface area contributed by atoms with E-state index in [-0.39, 0.29) is 0 Å². The summed E-state index contributed by atoms with van der Waals surface area (Å²) in [5.74, 6) is 2.32. The van der Waals surface area contributed by atoms with Crippen molar-refractivity contribution in [1.29, 1.82) is 5.26 Å². The Balaban J connectivity index is 0.000000161. The molecule has 16 rings (SSSR count). The van der Waals surface area contributed by atoms with E-state index in [1.54, 1.807) is 12.1 Å². The summed E-state index contributed by atoms with van der Waals surface area (Å²) < 4.78 is 0. The van der Waals surface area contributed by atoms with Crippen LogP contribution in [0.3, 0.4) is 0 Å². The van der Waals surface area contributed by atoms with Gasteiger partial charge in [-0.1, -0.05) is 273 Å². The summed E-state index contributed by atoms with van der Waals surface area (Å²) in [6.45, 7) is 17.5. The molecule has 0 atom stereocenters. The molecule has 0 amide bonds. The number of benzene rings is 12. The molecule has 0 spiro atoms. The number of fused-ring (bicyclic) bond motifs is 2. The fraction of sp³-hybridized carbons (Fsp3) is 0.0114. The molecule has 0 saturated heterocycles. The van der Waals surface area contributed by atoms with Crippen molar-refractivity contribution in [3.63, 3.8) is 0 Å². The zero-order valence-electron chi connectivity index (χ0n) is 53.4. The summed E-state index contributed by atoms with van der Waals surface area (Å²) >= 11 is 0. The van der Waals surface area contributed by atoms with Gasteiger partial charge in [0.1, 0.15) is 0 Å². The van der Waals surface area contributed by atoms with Crippen molar-refractivity contribution in [3.8, 4) is 142 Å². The highest BCUT2D eigenvalue weighted by Gasteiger charge is 2.21. The number of hydrogen-bond donors (Lipinski definition) is 0. The minimum Gasteiger partial charge on any atom is -0.238 e. The van der Waals surface area contributed by atoms with E-state index in [1.165, 1.54) is 0 Å². The Morgan fingerprint density at radius 2 is 0.586 bits per heavy atom. The van der Waals surface area contributed by atoms with Crippen molar-refractivity contribution >= 4 is 32.9 Å². The van der Waals surface area contributed by atoms with Gasteiger partial charge in [-0.05, 0) is 76.5 Å². The Morgan fingerprint density at radius 1 is 0.263 bits per heavy atom. The SMILES string of the molecule is [C-]#[N+]c1cccc(-c2nc(-c3ccccc3)cc(-c3cccc4c(-c5cc(-c6ccccc6)nc(-c6cccc(C#N)c6)n5)cccc34)n2)c1.[C-]#[N+]c1ccccc1-c1cc(-c2ccccc2)nc(-c2cccc3c(-c4nc(-c5ccccc5)cc(-c5ccccc5C)n4)cccc23)n1. The second-order valence-electron chi connectivity index (χ2n) is 23.5. The molecule has 0 unspecified atom stereocenters. The largest absolute Gasteiger partial charge is 0.238 e. The Kier molecular flexibility index (Phi) is 17.0. The molecule has 0 N–H and O–H groups in total. The number of rotatable bonds is 12. The third-order valence-electron chi connectivity index (χ3n) is 17.3. The predicted octanol–water partition coefficient (Wildman–Crippen LogP) is 22.1. The molecule has 462 valence electrons. The lowest BCUT2D eigenvalue weighted by Gasteiger charge is -2.14. The van der Waals surface area contributed by atoms with E-state index < -0.39 is 0 Å². The molecule has 0 bridgehead atoms. The Hall–Kier alpha value is -14.1. The van der Waals surface area contributed by atoms with Gasteiger partial charge in [-0.25, -0.2) is 49.6 Å². The molecular formula is C88H55N11. The van der Waals surface area contributed by atoms with Crippen LogP contribution in [0.5, 0.6) is 0 Å². The number of para-hydroxylation sites is 1. The van der Waals surface area contributed by atoms with Gasteiger partial charge in [0, 0.05) is 66.8 Å². The number of aryl methyl sites for hydroxylation is 1. The molecule has 0 saturated carbocycles. The second-order valence-corrected chi connectivity index (χ2v) is 23.5. The number of nitrogens with zero attached hydrogens (tertiary/aromatic N) is 11. The van der Waals surface area contributed by atoms with E-state index in [1.807, 2.05) is 224 Å². The first-order valence-electron chi connectivity index (χ1n) is 32.2. The lowest BCUT2D eigenvalue weighted by atomic mass is 9.95. The van der Waals surface area contributed by atoms with Crippen LogP contribution >= 0.6 is 0 Å². The minimum atomic E-state index is 0.533. The predicted molar refractivity (Wildman–Crippen MR) is 397 cm³/mol. The summed E-state index contributed by atoms with van der Waals surface area (Å²) in [6, 6.07) is 106. The summed E-state index contributed by atoms with van der Waals surface area (Å²) in [4.78, 5) is 48.0. The van der Waals surface area contributed by atoms with E-state index in [9.17, 15) is 5.26 Å².